The third-order valence-corrected chi connectivity index (χ3v) is 2.80. The largest absolute Gasteiger partial charge is 0.453 e. The van der Waals surface area contributed by atoms with Crippen LogP contribution in [0.1, 0.15) is 11.1 Å². The normalized spacial score (nSPS) is 11.0. The first-order valence-corrected chi connectivity index (χ1v) is 5.93. The minimum Gasteiger partial charge on any atom is -0.453 e. The molecular formula is C14H6ClF4NO. The molecule has 0 fully saturated rings. The molecule has 0 atom stereocenters. The Bertz CT molecular complexity index is 702. The molecule has 0 saturated carbocycles. The maximum atomic E-state index is 13.6. The second-order valence-corrected chi connectivity index (χ2v) is 4.42. The molecule has 108 valence electrons. The van der Waals surface area contributed by atoms with Gasteiger partial charge in [-0.15, -0.1) is 0 Å². The third-order valence-electron chi connectivity index (χ3n) is 2.50. The van der Waals surface area contributed by atoms with E-state index in [0.29, 0.717) is 12.1 Å². The van der Waals surface area contributed by atoms with Crippen LogP contribution >= 0.6 is 11.6 Å². The fourth-order valence-electron chi connectivity index (χ4n) is 1.58. The molecule has 2 aromatic carbocycles. The SMILES string of the molecule is N#Cc1cc(Oc2c(F)cccc2Cl)cc(C(F)(F)F)c1. The summed E-state index contributed by atoms with van der Waals surface area (Å²) >= 11 is 5.73. The van der Waals surface area contributed by atoms with Crippen molar-refractivity contribution in [3.63, 3.8) is 0 Å². The summed E-state index contributed by atoms with van der Waals surface area (Å²) in [5.74, 6) is -1.55. The van der Waals surface area contributed by atoms with Gasteiger partial charge < -0.3 is 4.74 Å². The van der Waals surface area contributed by atoms with Gasteiger partial charge in [0.1, 0.15) is 5.75 Å². The molecule has 0 saturated heterocycles. The minimum atomic E-state index is -4.65. The average Bonchev–Trinajstić information content (AvgIpc) is 2.42. The average molecular weight is 316 g/mol. The van der Waals surface area contributed by atoms with Gasteiger partial charge in [0.15, 0.2) is 11.6 Å². The molecule has 2 nitrogen and oxygen atoms in total. The van der Waals surface area contributed by atoms with Gasteiger partial charge in [0, 0.05) is 0 Å². The molecule has 2 aromatic rings. The van der Waals surface area contributed by atoms with Crippen LogP contribution in [0.15, 0.2) is 36.4 Å². The van der Waals surface area contributed by atoms with Gasteiger partial charge in [-0.05, 0) is 30.3 Å². The van der Waals surface area contributed by atoms with E-state index in [2.05, 4.69) is 0 Å². The molecule has 0 bridgehead atoms. The molecular weight excluding hydrogens is 310 g/mol. The smallest absolute Gasteiger partial charge is 0.416 e. The van der Waals surface area contributed by atoms with E-state index in [0.717, 1.165) is 12.1 Å². The van der Waals surface area contributed by atoms with Gasteiger partial charge in [0.05, 0.1) is 22.2 Å². The van der Waals surface area contributed by atoms with E-state index in [-0.39, 0.29) is 16.3 Å². The molecule has 0 aliphatic heterocycles. The number of nitriles is 1. The van der Waals surface area contributed by atoms with Gasteiger partial charge in [0.2, 0.25) is 0 Å². The van der Waals surface area contributed by atoms with Crippen LogP contribution in [0.3, 0.4) is 0 Å². The molecule has 2 rings (SSSR count). The van der Waals surface area contributed by atoms with Gasteiger partial charge in [-0.2, -0.15) is 18.4 Å². The number of nitrogens with zero attached hydrogens (tertiary/aromatic N) is 1. The van der Waals surface area contributed by atoms with Gasteiger partial charge in [0.25, 0.3) is 0 Å². The van der Waals surface area contributed by atoms with Crippen molar-refractivity contribution in [3.05, 3.63) is 58.4 Å². The number of alkyl halides is 3. The minimum absolute atomic E-state index is 0.0917. The van der Waals surface area contributed by atoms with Crippen molar-refractivity contribution in [1.82, 2.24) is 0 Å². The van der Waals surface area contributed by atoms with E-state index in [9.17, 15) is 17.6 Å². The quantitative estimate of drug-likeness (QED) is 0.717. The first kappa shape index (κ1) is 15.1. The second kappa shape index (κ2) is 5.62. The summed E-state index contributed by atoms with van der Waals surface area (Å²) in [7, 11) is 0. The molecule has 0 N–H and O–H groups in total. The van der Waals surface area contributed by atoms with Crippen LogP contribution in [0.4, 0.5) is 17.6 Å². The Balaban J connectivity index is 2.48. The lowest BCUT2D eigenvalue weighted by Crippen LogP contribution is -2.05. The number of halogens is 5. The Labute approximate surface area is 122 Å². The number of hydrogen-bond donors (Lipinski definition) is 0. The van der Waals surface area contributed by atoms with Gasteiger partial charge >= 0.3 is 6.18 Å². The van der Waals surface area contributed by atoms with Crippen molar-refractivity contribution in [2.75, 3.05) is 0 Å². The number of benzene rings is 2. The molecule has 0 aromatic heterocycles. The highest BCUT2D eigenvalue weighted by atomic mass is 35.5. The van der Waals surface area contributed by atoms with E-state index in [1.165, 1.54) is 12.1 Å². The zero-order valence-electron chi connectivity index (χ0n) is 10.2. The van der Waals surface area contributed by atoms with Crippen LogP contribution in [-0.4, -0.2) is 0 Å². The Hall–Kier alpha value is -2.26. The summed E-state index contributed by atoms with van der Waals surface area (Å²) in [6.07, 6.45) is -4.65. The van der Waals surface area contributed by atoms with Crippen LogP contribution in [0, 0.1) is 17.1 Å². The molecule has 0 unspecified atom stereocenters. The Morgan fingerprint density at radius 3 is 2.43 bits per heavy atom. The Kier molecular flexibility index (Phi) is 4.05. The van der Waals surface area contributed by atoms with Gasteiger partial charge in [-0.25, -0.2) is 4.39 Å². The standard InChI is InChI=1S/C14H6ClF4NO/c15-11-2-1-3-12(16)13(11)21-10-5-8(7-20)4-9(6-10)14(17,18)19/h1-6H. The highest BCUT2D eigenvalue weighted by Gasteiger charge is 2.31. The molecule has 0 aliphatic rings. The molecule has 0 amide bonds. The van der Waals surface area contributed by atoms with E-state index >= 15 is 0 Å². The van der Waals surface area contributed by atoms with Crippen LogP contribution in [0.25, 0.3) is 0 Å². The van der Waals surface area contributed by atoms with Gasteiger partial charge in [-0.1, -0.05) is 17.7 Å². The molecule has 21 heavy (non-hydrogen) atoms. The summed E-state index contributed by atoms with van der Waals surface area (Å²) in [6, 6.07) is 7.72. The second-order valence-electron chi connectivity index (χ2n) is 4.01. The Morgan fingerprint density at radius 2 is 1.86 bits per heavy atom. The Morgan fingerprint density at radius 1 is 1.14 bits per heavy atom. The van der Waals surface area contributed by atoms with Gasteiger partial charge in [-0.3, -0.25) is 0 Å². The van der Waals surface area contributed by atoms with Crippen molar-refractivity contribution in [2.24, 2.45) is 0 Å². The molecule has 0 spiro atoms. The molecule has 0 aliphatic carbocycles. The highest BCUT2D eigenvalue weighted by Crippen LogP contribution is 2.36. The summed E-state index contributed by atoms with van der Waals surface area (Å²) < 4.78 is 56.8. The van der Waals surface area contributed by atoms with Crippen LogP contribution in [0.2, 0.25) is 5.02 Å². The van der Waals surface area contributed by atoms with E-state index in [1.54, 1.807) is 6.07 Å². The predicted octanol–water partition coefficient (Wildman–Crippen LogP) is 5.16. The fraction of sp³-hybridized carbons (Fsp3) is 0.0714. The first-order valence-electron chi connectivity index (χ1n) is 5.55. The summed E-state index contributed by atoms with van der Waals surface area (Å²) in [5, 5.41) is 8.66. The zero-order chi connectivity index (χ0) is 15.6. The maximum Gasteiger partial charge on any atom is 0.416 e. The van der Waals surface area contributed by atoms with Crippen molar-refractivity contribution in [2.45, 2.75) is 6.18 Å². The van der Waals surface area contributed by atoms with Crippen molar-refractivity contribution >= 4 is 11.6 Å². The number of para-hydroxylation sites is 1. The monoisotopic (exact) mass is 315 g/mol. The van der Waals surface area contributed by atoms with Crippen LogP contribution < -0.4 is 4.74 Å². The number of rotatable bonds is 2. The number of hydrogen-bond acceptors (Lipinski definition) is 2. The lowest BCUT2D eigenvalue weighted by molar-refractivity contribution is -0.137. The lowest BCUT2D eigenvalue weighted by Gasteiger charge is -2.12. The van der Waals surface area contributed by atoms with Crippen LogP contribution in [0.5, 0.6) is 11.5 Å². The van der Waals surface area contributed by atoms with E-state index < -0.39 is 23.3 Å². The molecule has 7 heteroatoms. The molecule has 0 heterocycles. The summed E-state index contributed by atoms with van der Waals surface area (Å²) in [6.45, 7) is 0. The lowest BCUT2D eigenvalue weighted by atomic mass is 10.1. The van der Waals surface area contributed by atoms with E-state index in [1.807, 2.05) is 0 Å². The summed E-state index contributed by atoms with van der Waals surface area (Å²) in [4.78, 5) is 0. The highest BCUT2D eigenvalue weighted by molar-refractivity contribution is 6.32. The van der Waals surface area contributed by atoms with Crippen molar-refractivity contribution in [1.29, 1.82) is 5.26 Å². The fourth-order valence-corrected chi connectivity index (χ4v) is 1.79. The van der Waals surface area contributed by atoms with E-state index in [4.69, 9.17) is 21.6 Å². The third kappa shape index (κ3) is 3.44. The maximum absolute atomic E-state index is 13.6. The zero-order valence-corrected chi connectivity index (χ0v) is 11.0. The van der Waals surface area contributed by atoms with Crippen molar-refractivity contribution in [3.8, 4) is 17.6 Å². The molecule has 0 radical (unpaired) electrons. The topological polar surface area (TPSA) is 33.0 Å². The first-order chi connectivity index (χ1) is 9.81. The predicted molar refractivity (Wildman–Crippen MR) is 67.6 cm³/mol. The van der Waals surface area contributed by atoms with Crippen LogP contribution in [-0.2, 0) is 6.18 Å². The summed E-state index contributed by atoms with van der Waals surface area (Å²) in [5.41, 5.74) is -1.32. The number of ether oxygens (including phenoxy) is 1. The van der Waals surface area contributed by atoms with Crippen molar-refractivity contribution < 1.29 is 22.3 Å².